The minimum absolute atomic E-state index is 0.858. The van der Waals surface area contributed by atoms with Crippen molar-refractivity contribution < 1.29 is 0 Å². The van der Waals surface area contributed by atoms with Gasteiger partial charge in [-0.3, -0.25) is 9.98 Å². The Morgan fingerprint density at radius 3 is 2.62 bits per heavy atom. The van der Waals surface area contributed by atoms with Crippen LogP contribution in [0.5, 0.6) is 0 Å². The van der Waals surface area contributed by atoms with Crippen LogP contribution in [-0.2, 0) is 0 Å². The molecule has 0 aliphatic heterocycles. The monoisotopic (exact) mass is 210 g/mol. The minimum Gasteiger partial charge on any atom is -0.262 e. The van der Waals surface area contributed by atoms with Crippen LogP contribution in [0.3, 0.4) is 0 Å². The van der Waals surface area contributed by atoms with Gasteiger partial charge in [0, 0.05) is 11.8 Å². The van der Waals surface area contributed by atoms with E-state index in [1.807, 2.05) is 32.0 Å². The van der Waals surface area contributed by atoms with E-state index >= 15 is 0 Å². The molecular formula is C14H14N2. The third kappa shape index (κ3) is 1.34. The molecule has 16 heavy (non-hydrogen) atoms. The zero-order valence-electron chi connectivity index (χ0n) is 9.62. The van der Waals surface area contributed by atoms with Gasteiger partial charge in [0.05, 0.1) is 11.4 Å². The van der Waals surface area contributed by atoms with Crippen molar-refractivity contribution >= 4 is 30.8 Å². The molecule has 0 unspecified atom stereocenters. The van der Waals surface area contributed by atoms with E-state index in [0.717, 1.165) is 33.0 Å². The largest absolute Gasteiger partial charge is 0.262 e. The highest BCUT2D eigenvalue weighted by Crippen LogP contribution is 2.28. The van der Waals surface area contributed by atoms with Crippen LogP contribution < -0.4 is 10.4 Å². The molecular weight excluding hydrogens is 196 g/mol. The second-order valence-electron chi connectivity index (χ2n) is 3.71. The molecule has 0 bridgehead atoms. The highest BCUT2D eigenvalue weighted by atomic mass is 14.8. The molecule has 0 atom stereocenters. The average molecular weight is 210 g/mol. The van der Waals surface area contributed by atoms with E-state index in [2.05, 4.69) is 23.3 Å². The fourth-order valence-corrected chi connectivity index (χ4v) is 2.11. The molecule has 80 valence electrons. The van der Waals surface area contributed by atoms with Crippen molar-refractivity contribution in [2.45, 2.75) is 13.8 Å². The maximum absolute atomic E-state index is 4.37. The zero-order valence-corrected chi connectivity index (χ0v) is 9.62. The molecule has 0 saturated carbocycles. The summed E-state index contributed by atoms with van der Waals surface area (Å²) in [5.74, 6) is 0. The first-order valence-electron chi connectivity index (χ1n) is 5.20. The van der Waals surface area contributed by atoms with Crippen molar-refractivity contribution in [2.75, 3.05) is 0 Å². The lowest BCUT2D eigenvalue weighted by Gasteiger charge is -1.98. The summed E-state index contributed by atoms with van der Waals surface area (Å²) in [4.78, 5) is 8.46. The van der Waals surface area contributed by atoms with E-state index < -0.39 is 0 Å². The van der Waals surface area contributed by atoms with E-state index in [1.165, 1.54) is 0 Å². The van der Waals surface area contributed by atoms with Crippen molar-refractivity contribution in [3.8, 4) is 0 Å². The number of allylic oxidation sites excluding steroid dienone is 1. The number of hydrogen-bond acceptors (Lipinski definition) is 2. The summed E-state index contributed by atoms with van der Waals surface area (Å²) in [6.45, 7) is 11.6. The van der Waals surface area contributed by atoms with Gasteiger partial charge in [-0.05, 0) is 36.6 Å². The van der Waals surface area contributed by atoms with Crippen molar-refractivity contribution in [3.05, 3.63) is 39.9 Å². The molecule has 2 rings (SSSR count). The molecule has 0 N–H and O–H groups in total. The molecule has 0 fully saturated rings. The number of fused-ring (bicyclic) bond motifs is 1. The SMILES string of the molecule is C=NC1=C(/N=C\C)C(C)=c2c1cccc2=C. The van der Waals surface area contributed by atoms with Crippen LogP contribution in [0.1, 0.15) is 19.4 Å². The first kappa shape index (κ1) is 10.6. The lowest BCUT2D eigenvalue weighted by Crippen LogP contribution is -2.26. The predicted octanol–water partition coefficient (Wildman–Crippen LogP) is 1.74. The summed E-state index contributed by atoms with van der Waals surface area (Å²) in [5.41, 5.74) is 3.97. The third-order valence-corrected chi connectivity index (χ3v) is 2.78. The van der Waals surface area contributed by atoms with Crippen LogP contribution in [0.15, 0.2) is 33.9 Å². The predicted molar refractivity (Wildman–Crippen MR) is 70.9 cm³/mol. The third-order valence-electron chi connectivity index (χ3n) is 2.78. The Morgan fingerprint density at radius 2 is 2.00 bits per heavy atom. The molecule has 0 heterocycles. The Labute approximate surface area is 95.1 Å². The zero-order chi connectivity index (χ0) is 11.7. The Bertz CT molecular complexity index is 619. The highest BCUT2D eigenvalue weighted by molar-refractivity contribution is 5.90. The molecule has 1 aliphatic carbocycles. The Morgan fingerprint density at radius 1 is 1.25 bits per heavy atom. The summed E-state index contributed by atoms with van der Waals surface area (Å²) in [6, 6.07) is 6.02. The van der Waals surface area contributed by atoms with Gasteiger partial charge >= 0.3 is 0 Å². The second kappa shape index (κ2) is 3.89. The average Bonchev–Trinajstić information content (AvgIpc) is 2.54. The van der Waals surface area contributed by atoms with E-state index in [-0.39, 0.29) is 0 Å². The lowest BCUT2D eigenvalue weighted by atomic mass is 10.1. The summed E-state index contributed by atoms with van der Waals surface area (Å²) in [7, 11) is 0. The maximum Gasteiger partial charge on any atom is 0.0960 e. The number of benzene rings is 1. The summed E-state index contributed by atoms with van der Waals surface area (Å²) in [5, 5.41) is 2.16. The molecule has 2 heteroatoms. The molecule has 1 aromatic carbocycles. The number of aliphatic imine (C=N–C) groups is 2. The van der Waals surface area contributed by atoms with Crippen molar-refractivity contribution in [1.82, 2.24) is 0 Å². The van der Waals surface area contributed by atoms with Gasteiger partial charge in [0.25, 0.3) is 0 Å². The number of rotatable bonds is 2. The molecule has 0 aromatic heterocycles. The minimum atomic E-state index is 0.858. The molecule has 1 aromatic rings. The van der Waals surface area contributed by atoms with Crippen molar-refractivity contribution in [1.29, 1.82) is 0 Å². The van der Waals surface area contributed by atoms with Gasteiger partial charge in [-0.25, -0.2) is 0 Å². The summed E-state index contributed by atoms with van der Waals surface area (Å²) >= 11 is 0. The van der Waals surface area contributed by atoms with Gasteiger partial charge in [0.1, 0.15) is 0 Å². The van der Waals surface area contributed by atoms with Crippen LogP contribution in [0.4, 0.5) is 0 Å². The van der Waals surface area contributed by atoms with Gasteiger partial charge in [-0.1, -0.05) is 24.8 Å². The Hall–Kier alpha value is -1.96. The van der Waals surface area contributed by atoms with E-state index in [4.69, 9.17) is 0 Å². The standard InChI is InChI=1S/C14H14N2/c1-5-16-13-10(3)12-9(2)7-6-8-11(12)14(13)15-4/h5-8H,2,4H2,1,3H3/b16-5-. The maximum atomic E-state index is 4.37. The number of nitrogens with zero attached hydrogens (tertiary/aromatic N) is 2. The topological polar surface area (TPSA) is 24.7 Å². The molecule has 0 saturated heterocycles. The second-order valence-corrected chi connectivity index (χ2v) is 3.71. The van der Waals surface area contributed by atoms with Crippen molar-refractivity contribution in [3.63, 3.8) is 0 Å². The fourth-order valence-electron chi connectivity index (χ4n) is 2.11. The van der Waals surface area contributed by atoms with Crippen LogP contribution in [-0.4, -0.2) is 12.9 Å². The van der Waals surface area contributed by atoms with Gasteiger partial charge < -0.3 is 0 Å². The summed E-state index contributed by atoms with van der Waals surface area (Å²) in [6.07, 6.45) is 1.78. The van der Waals surface area contributed by atoms with Crippen LogP contribution in [0.2, 0.25) is 0 Å². The van der Waals surface area contributed by atoms with Crippen LogP contribution in [0, 0.1) is 0 Å². The molecule has 2 nitrogen and oxygen atoms in total. The van der Waals surface area contributed by atoms with Crippen LogP contribution >= 0.6 is 0 Å². The lowest BCUT2D eigenvalue weighted by molar-refractivity contribution is 1.40. The molecule has 0 spiro atoms. The van der Waals surface area contributed by atoms with Gasteiger partial charge in [-0.15, -0.1) is 0 Å². The van der Waals surface area contributed by atoms with Gasteiger partial charge in [-0.2, -0.15) is 0 Å². The quantitative estimate of drug-likeness (QED) is 0.664. The molecule has 0 radical (unpaired) electrons. The van der Waals surface area contributed by atoms with Gasteiger partial charge in [0.15, 0.2) is 0 Å². The highest BCUT2D eigenvalue weighted by Gasteiger charge is 2.18. The number of hydrogen-bond donors (Lipinski definition) is 0. The first-order chi connectivity index (χ1) is 7.70. The first-order valence-corrected chi connectivity index (χ1v) is 5.20. The molecule has 0 amide bonds. The molecule has 1 aliphatic rings. The smallest absolute Gasteiger partial charge is 0.0960 e. The van der Waals surface area contributed by atoms with Crippen LogP contribution in [0.25, 0.3) is 17.8 Å². The fraction of sp³-hybridized carbons (Fsp3) is 0.143. The van der Waals surface area contributed by atoms with E-state index in [9.17, 15) is 0 Å². The Balaban J connectivity index is 2.89. The van der Waals surface area contributed by atoms with Crippen molar-refractivity contribution in [2.24, 2.45) is 9.98 Å². The normalized spacial score (nSPS) is 14.8. The Kier molecular flexibility index (Phi) is 2.57. The van der Waals surface area contributed by atoms with E-state index in [1.54, 1.807) is 6.21 Å². The van der Waals surface area contributed by atoms with Gasteiger partial charge in [0.2, 0.25) is 0 Å². The summed E-state index contributed by atoms with van der Waals surface area (Å²) < 4.78 is 0. The van der Waals surface area contributed by atoms with E-state index in [0.29, 0.717) is 0 Å².